The number of carbonyl (C=O) groups is 2. The lowest BCUT2D eigenvalue weighted by molar-refractivity contribution is -0.118. The first kappa shape index (κ1) is 22.6. The maximum Gasteiger partial charge on any atom is 0.264 e. The number of hydrogen-bond donors (Lipinski definition) is 2. The van der Waals surface area contributed by atoms with Crippen molar-refractivity contribution in [2.75, 3.05) is 11.9 Å². The second kappa shape index (κ2) is 10.4. The number of ether oxygens (including phenoxy) is 1. The van der Waals surface area contributed by atoms with Crippen LogP contribution in [-0.4, -0.2) is 23.6 Å². The Labute approximate surface area is 200 Å². The Hall–Kier alpha value is -3.55. The highest BCUT2D eigenvalue weighted by atomic mass is 35.5. The highest BCUT2D eigenvalue weighted by Gasteiger charge is 2.24. The zero-order chi connectivity index (χ0) is 23.2. The summed E-state index contributed by atoms with van der Waals surface area (Å²) >= 11 is 7.39. The minimum Gasteiger partial charge on any atom is -0.483 e. The van der Waals surface area contributed by atoms with Crippen molar-refractivity contribution in [3.05, 3.63) is 93.9 Å². The van der Waals surface area contributed by atoms with E-state index in [4.69, 9.17) is 16.3 Å². The summed E-state index contributed by atoms with van der Waals surface area (Å²) in [6.07, 6.45) is 1.67. The molecule has 1 saturated heterocycles. The van der Waals surface area contributed by atoms with Crippen LogP contribution in [0.5, 0.6) is 5.75 Å². The van der Waals surface area contributed by atoms with Crippen LogP contribution in [0.1, 0.15) is 11.1 Å². The molecule has 1 fully saturated rings. The Morgan fingerprint density at radius 2 is 1.94 bits per heavy atom. The van der Waals surface area contributed by atoms with E-state index in [2.05, 4.69) is 15.6 Å². The van der Waals surface area contributed by atoms with E-state index in [-0.39, 0.29) is 18.4 Å². The summed E-state index contributed by atoms with van der Waals surface area (Å²) in [6, 6.07) is 21.9. The van der Waals surface area contributed by atoms with Gasteiger partial charge in [-0.15, -0.1) is 0 Å². The van der Waals surface area contributed by atoms with E-state index in [9.17, 15) is 9.59 Å². The number of hydrogen-bond acceptors (Lipinski definition) is 5. The molecule has 33 heavy (non-hydrogen) atoms. The van der Waals surface area contributed by atoms with E-state index in [1.165, 1.54) is 11.8 Å². The molecule has 0 radical (unpaired) electrons. The van der Waals surface area contributed by atoms with E-state index >= 15 is 0 Å². The lowest BCUT2D eigenvalue weighted by atomic mass is 10.2. The van der Waals surface area contributed by atoms with E-state index in [1.54, 1.807) is 24.3 Å². The molecule has 6 nitrogen and oxygen atoms in total. The van der Waals surface area contributed by atoms with Gasteiger partial charge >= 0.3 is 0 Å². The molecule has 0 atom stereocenters. The number of nitrogens with one attached hydrogen (secondary N) is 2. The first-order valence-electron chi connectivity index (χ1n) is 10.1. The molecule has 1 aliphatic heterocycles. The third kappa shape index (κ3) is 6.25. The summed E-state index contributed by atoms with van der Waals surface area (Å²) in [5, 5.41) is 6.53. The molecular weight excluding hydrogens is 458 g/mol. The number of rotatable bonds is 6. The number of anilines is 1. The quantitative estimate of drug-likeness (QED) is 0.456. The average molecular weight is 478 g/mol. The van der Waals surface area contributed by atoms with Gasteiger partial charge in [0.05, 0.1) is 10.6 Å². The van der Waals surface area contributed by atoms with E-state index < -0.39 is 0 Å². The van der Waals surface area contributed by atoms with Gasteiger partial charge in [-0.2, -0.15) is 0 Å². The minimum atomic E-state index is -0.292. The minimum absolute atomic E-state index is 0.189. The van der Waals surface area contributed by atoms with Gasteiger partial charge in [-0.05, 0) is 72.8 Å². The van der Waals surface area contributed by atoms with Crippen molar-refractivity contribution in [1.82, 2.24) is 5.32 Å². The van der Waals surface area contributed by atoms with Crippen LogP contribution in [0.4, 0.5) is 11.4 Å². The van der Waals surface area contributed by atoms with Crippen molar-refractivity contribution in [2.45, 2.75) is 6.92 Å². The van der Waals surface area contributed by atoms with E-state index in [1.807, 2.05) is 61.5 Å². The topological polar surface area (TPSA) is 79.8 Å². The largest absolute Gasteiger partial charge is 0.483 e. The molecule has 0 aliphatic carbocycles. The fourth-order valence-electron chi connectivity index (χ4n) is 3.07. The van der Waals surface area contributed by atoms with Crippen LogP contribution in [0.3, 0.4) is 0 Å². The predicted octanol–water partition coefficient (Wildman–Crippen LogP) is 5.56. The molecular formula is C25H20ClN3O3S. The molecule has 0 unspecified atom stereocenters. The van der Waals surface area contributed by atoms with Crippen LogP contribution in [0, 0.1) is 6.92 Å². The van der Waals surface area contributed by atoms with Crippen LogP contribution in [0.2, 0.25) is 5.02 Å². The fourth-order valence-corrected chi connectivity index (χ4v) is 4.08. The number of thioether (sulfide) groups is 1. The molecule has 0 bridgehead atoms. The second-order valence-electron chi connectivity index (χ2n) is 7.21. The van der Waals surface area contributed by atoms with E-state index in [0.717, 1.165) is 11.3 Å². The summed E-state index contributed by atoms with van der Waals surface area (Å²) in [7, 11) is 0. The SMILES string of the molecule is Cc1cccc(NC(=O)COc2ccc(Cl)cc2/C=C2\SC(=Nc3ccccc3)NC2=O)c1. The molecule has 1 aliphatic rings. The molecule has 2 amide bonds. The van der Waals surface area contributed by atoms with Gasteiger partial charge in [-0.1, -0.05) is 41.9 Å². The normalized spacial score (nSPS) is 15.5. The fraction of sp³-hybridized carbons (Fsp3) is 0.0800. The number of para-hydroxylation sites is 1. The monoisotopic (exact) mass is 477 g/mol. The van der Waals surface area contributed by atoms with Crippen molar-refractivity contribution in [1.29, 1.82) is 0 Å². The number of benzene rings is 3. The molecule has 0 spiro atoms. The molecule has 3 aromatic rings. The lowest BCUT2D eigenvalue weighted by Gasteiger charge is -2.11. The summed E-state index contributed by atoms with van der Waals surface area (Å²) in [6.45, 7) is 1.76. The Balaban J connectivity index is 1.47. The van der Waals surface area contributed by atoms with Crippen molar-refractivity contribution in [2.24, 2.45) is 4.99 Å². The van der Waals surface area contributed by atoms with Crippen LogP contribution in [0.15, 0.2) is 82.7 Å². The number of carbonyl (C=O) groups excluding carboxylic acids is 2. The van der Waals surface area contributed by atoms with Gasteiger partial charge in [0, 0.05) is 16.3 Å². The average Bonchev–Trinajstić information content (AvgIpc) is 3.12. The first-order valence-corrected chi connectivity index (χ1v) is 11.3. The van der Waals surface area contributed by atoms with Gasteiger partial charge in [0.1, 0.15) is 5.75 Å². The van der Waals surface area contributed by atoms with Gasteiger partial charge in [-0.25, -0.2) is 4.99 Å². The van der Waals surface area contributed by atoms with Crippen molar-refractivity contribution >= 4 is 57.8 Å². The Bertz CT molecular complexity index is 1260. The Kier molecular flexibility index (Phi) is 7.12. The zero-order valence-corrected chi connectivity index (χ0v) is 19.2. The Morgan fingerprint density at radius 3 is 2.73 bits per heavy atom. The summed E-state index contributed by atoms with van der Waals surface area (Å²) < 4.78 is 5.74. The molecule has 0 saturated carbocycles. The number of nitrogens with zero attached hydrogens (tertiary/aromatic N) is 1. The van der Waals surface area contributed by atoms with Gasteiger partial charge in [-0.3, -0.25) is 9.59 Å². The summed E-state index contributed by atoms with van der Waals surface area (Å²) in [5.74, 6) is -0.120. The Morgan fingerprint density at radius 1 is 1.12 bits per heavy atom. The lowest BCUT2D eigenvalue weighted by Crippen LogP contribution is -2.20. The smallest absolute Gasteiger partial charge is 0.264 e. The number of amides is 2. The van der Waals surface area contributed by atoms with Crippen LogP contribution in [0.25, 0.3) is 6.08 Å². The molecule has 166 valence electrons. The van der Waals surface area contributed by atoms with Gasteiger partial charge in [0.25, 0.3) is 11.8 Å². The van der Waals surface area contributed by atoms with E-state index in [0.29, 0.717) is 32.1 Å². The number of amidine groups is 1. The summed E-state index contributed by atoms with van der Waals surface area (Å²) in [5.41, 5.74) is 3.08. The van der Waals surface area contributed by atoms with Crippen molar-refractivity contribution in [3.63, 3.8) is 0 Å². The molecule has 1 heterocycles. The van der Waals surface area contributed by atoms with Crippen molar-refractivity contribution in [3.8, 4) is 5.75 Å². The molecule has 3 aromatic carbocycles. The van der Waals surface area contributed by atoms with Crippen LogP contribution < -0.4 is 15.4 Å². The zero-order valence-electron chi connectivity index (χ0n) is 17.7. The predicted molar refractivity (Wildman–Crippen MR) is 134 cm³/mol. The molecule has 0 aromatic heterocycles. The second-order valence-corrected chi connectivity index (χ2v) is 8.67. The molecule has 4 rings (SSSR count). The van der Waals surface area contributed by atoms with Gasteiger partial charge < -0.3 is 15.4 Å². The van der Waals surface area contributed by atoms with Crippen LogP contribution in [-0.2, 0) is 9.59 Å². The number of aryl methyl sites for hydroxylation is 1. The number of aliphatic imine (C=N–C) groups is 1. The maximum absolute atomic E-state index is 12.5. The maximum atomic E-state index is 12.5. The standard InChI is InChI=1S/C25H20ClN3O3S/c1-16-6-5-9-20(12-16)27-23(30)15-32-21-11-10-18(26)13-17(21)14-22-24(31)29-25(33-22)28-19-7-3-2-4-8-19/h2-14H,15H2,1H3,(H,27,30)(H,28,29,31)/b22-14-. The highest BCUT2D eigenvalue weighted by Crippen LogP contribution is 2.32. The van der Waals surface area contributed by atoms with Crippen LogP contribution >= 0.6 is 23.4 Å². The third-order valence-corrected chi connectivity index (χ3v) is 5.70. The highest BCUT2D eigenvalue weighted by molar-refractivity contribution is 8.18. The van der Waals surface area contributed by atoms with Crippen molar-refractivity contribution < 1.29 is 14.3 Å². The van der Waals surface area contributed by atoms with Gasteiger partial charge in [0.15, 0.2) is 11.8 Å². The van der Waals surface area contributed by atoms with Gasteiger partial charge in [0.2, 0.25) is 0 Å². The third-order valence-electron chi connectivity index (χ3n) is 4.56. The summed E-state index contributed by atoms with van der Waals surface area (Å²) in [4.78, 5) is 29.7. The number of halogens is 1. The first-order chi connectivity index (χ1) is 16.0. The molecule has 8 heteroatoms. The molecule has 2 N–H and O–H groups in total.